The van der Waals surface area contributed by atoms with Crippen LogP contribution in [0.2, 0.25) is 0 Å². The molecule has 1 aliphatic rings. The molecule has 0 fully saturated rings. The minimum Gasteiger partial charge on any atom is -0.378 e. The molecule has 1 aliphatic carbocycles. The molecule has 100 valence electrons. The summed E-state index contributed by atoms with van der Waals surface area (Å²) in [6, 6.07) is 10.1. The van der Waals surface area contributed by atoms with Crippen molar-refractivity contribution < 1.29 is 6.22 Å². The predicted octanol–water partition coefficient (Wildman–Crippen LogP) is 4.08. The molecule has 0 amide bonds. The van der Waals surface area contributed by atoms with E-state index in [0.29, 0.717) is 6.42 Å². The van der Waals surface area contributed by atoms with Crippen LogP contribution >= 0.6 is 0 Å². The van der Waals surface area contributed by atoms with Gasteiger partial charge in [0.05, 0.1) is 5.70 Å². The van der Waals surface area contributed by atoms with Crippen molar-refractivity contribution in [2.24, 2.45) is 0 Å². The molecule has 18 heavy (non-hydrogen) atoms. The molecule has 0 saturated carbocycles. The van der Waals surface area contributed by atoms with E-state index in [1.807, 2.05) is 24.3 Å². The van der Waals surface area contributed by atoms with Gasteiger partial charge in [0.15, 0.2) is 5.78 Å². The number of hydrogen-bond donors (Lipinski definition) is 1. The van der Waals surface area contributed by atoms with E-state index in [-0.39, 0.29) is 7.21 Å². The second kappa shape index (κ2) is 8.51. The van der Waals surface area contributed by atoms with Crippen molar-refractivity contribution in [3.63, 3.8) is 0 Å². The fourth-order valence-electron chi connectivity index (χ4n) is 1.72. The molecule has 2 nitrogen and oxygen atoms in total. The normalized spacial score (nSPS) is 14.3. The number of Topliss-reactive ketones (excluding diaryl/α,β-unsaturated/α-hetero) is 1. The summed E-state index contributed by atoms with van der Waals surface area (Å²) in [5.41, 5.74) is 2.00. The minimum atomic E-state index is 0. The summed E-state index contributed by atoms with van der Waals surface area (Å²) < 4.78 is 0. The number of hydrogen-bond acceptors (Lipinski definition) is 2. The molecule has 0 unspecified atom stereocenters. The van der Waals surface area contributed by atoms with Gasteiger partial charge in [-0.15, -0.1) is 0 Å². The van der Waals surface area contributed by atoms with Gasteiger partial charge in [0.1, 0.15) is 0 Å². The molecular formula is C16H25NO. The zero-order chi connectivity index (χ0) is 13.2. The Morgan fingerprint density at radius 2 is 1.89 bits per heavy atom. The maximum Gasteiger partial charge on any atom is 0.178 e. The summed E-state index contributed by atoms with van der Waals surface area (Å²) in [4.78, 5) is 11.5. The Morgan fingerprint density at radius 3 is 2.50 bits per heavy atom. The summed E-state index contributed by atoms with van der Waals surface area (Å²) in [5.74, 6) is 0.247. The molecule has 0 atom stereocenters. The third kappa shape index (κ3) is 5.17. The lowest BCUT2D eigenvalue weighted by Gasteiger charge is -2.13. The van der Waals surface area contributed by atoms with Gasteiger partial charge in [-0.25, -0.2) is 0 Å². The molecular weight excluding hydrogens is 222 g/mol. The van der Waals surface area contributed by atoms with Crippen LogP contribution < -0.4 is 5.32 Å². The van der Waals surface area contributed by atoms with Crippen molar-refractivity contribution >= 4 is 5.78 Å². The zero-order valence-corrected chi connectivity index (χ0v) is 11.4. The van der Waals surface area contributed by atoms with Crippen molar-refractivity contribution in [1.82, 2.24) is 5.32 Å². The van der Waals surface area contributed by atoms with Gasteiger partial charge < -0.3 is 5.32 Å². The topological polar surface area (TPSA) is 29.1 Å². The SMILES string of the molecule is CCC.O=C1CCCC=C1NCc1ccccc1.[HH]. The van der Waals surface area contributed by atoms with E-state index >= 15 is 0 Å². The van der Waals surface area contributed by atoms with Crippen LogP contribution in [0, 0.1) is 0 Å². The van der Waals surface area contributed by atoms with E-state index < -0.39 is 0 Å². The van der Waals surface area contributed by atoms with Gasteiger partial charge in [0.2, 0.25) is 0 Å². The summed E-state index contributed by atoms with van der Waals surface area (Å²) in [7, 11) is 0. The Bertz CT molecular complexity index is 387. The van der Waals surface area contributed by atoms with Gasteiger partial charge in [-0.2, -0.15) is 0 Å². The average Bonchev–Trinajstić information content (AvgIpc) is 2.40. The molecule has 1 aromatic rings. The first-order valence-electron chi connectivity index (χ1n) is 6.79. The average molecular weight is 247 g/mol. The highest BCUT2D eigenvalue weighted by Crippen LogP contribution is 2.12. The van der Waals surface area contributed by atoms with Crippen molar-refractivity contribution in [2.45, 2.75) is 46.1 Å². The van der Waals surface area contributed by atoms with E-state index in [4.69, 9.17) is 0 Å². The predicted molar refractivity (Wildman–Crippen MR) is 78.3 cm³/mol. The molecule has 2 heteroatoms. The molecule has 0 aromatic heterocycles. The van der Waals surface area contributed by atoms with Crippen LogP contribution in [-0.4, -0.2) is 5.78 Å². The number of allylic oxidation sites excluding steroid dienone is 2. The zero-order valence-electron chi connectivity index (χ0n) is 11.4. The Kier molecular flexibility index (Phi) is 6.85. The Morgan fingerprint density at radius 1 is 1.22 bits per heavy atom. The molecule has 2 rings (SSSR count). The van der Waals surface area contributed by atoms with Crippen LogP contribution in [0.4, 0.5) is 0 Å². The molecule has 0 saturated heterocycles. The highest BCUT2D eigenvalue weighted by Gasteiger charge is 2.12. The quantitative estimate of drug-likeness (QED) is 0.872. The van der Waals surface area contributed by atoms with Crippen LogP contribution in [0.5, 0.6) is 0 Å². The number of carbonyl (C=O) groups is 1. The second-order valence-electron chi connectivity index (χ2n) is 4.48. The number of benzene rings is 1. The molecule has 0 heterocycles. The lowest BCUT2D eigenvalue weighted by Crippen LogP contribution is -2.22. The molecule has 0 bridgehead atoms. The lowest BCUT2D eigenvalue weighted by molar-refractivity contribution is -0.116. The third-order valence-corrected chi connectivity index (χ3v) is 2.58. The number of ketones is 1. The van der Waals surface area contributed by atoms with Gasteiger partial charge in [0, 0.05) is 14.4 Å². The van der Waals surface area contributed by atoms with Crippen LogP contribution in [-0.2, 0) is 11.3 Å². The minimum absolute atomic E-state index is 0. The highest BCUT2D eigenvalue weighted by atomic mass is 16.1. The van der Waals surface area contributed by atoms with E-state index in [1.54, 1.807) is 0 Å². The number of nitrogens with one attached hydrogen (secondary N) is 1. The first kappa shape index (κ1) is 14.5. The van der Waals surface area contributed by atoms with Crippen LogP contribution in [0.1, 0.15) is 46.5 Å². The van der Waals surface area contributed by atoms with E-state index in [0.717, 1.165) is 25.1 Å². The molecule has 0 radical (unpaired) electrons. The van der Waals surface area contributed by atoms with Gasteiger partial charge in [0.25, 0.3) is 0 Å². The van der Waals surface area contributed by atoms with E-state index in [1.165, 1.54) is 12.0 Å². The van der Waals surface area contributed by atoms with Crippen molar-refractivity contribution in [2.75, 3.05) is 0 Å². The summed E-state index contributed by atoms with van der Waals surface area (Å²) in [6.07, 6.45) is 5.96. The maximum atomic E-state index is 11.5. The van der Waals surface area contributed by atoms with Crippen LogP contribution in [0.25, 0.3) is 0 Å². The second-order valence-corrected chi connectivity index (χ2v) is 4.48. The van der Waals surface area contributed by atoms with E-state index in [9.17, 15) is 4.79 Å². The Labute approximate surface area is 112 Å². The first-order chi connectivity index (χ1) is 8.77. The highest BCUT2D eigenvalue weighted by molar-refractivity contribution is 5.95. The van der Waals surface area contributed by atoms with Crippen molar-refractivity contribution in [1.29, 1.82) is 0 Å². The van der Waals surface area contributed by atoms with Gasteiger partial charge in [-0.3, -0.25) is 4.79 Å². The largest absolute Gasteiger partial charge is 0.378 e. The van der Waals surface area contributed by atoms with Crippen molar-refractivity contribution in [3.8, 4) is 0 Å². The van der Waals surface area contributed by atoms with Gasteiger partial charge in [-0.1, -0.05) is 56.7 Å². The Hall–Kier alpha value is -1.57. The number of rotatable bonds is 3. The van der Waals surface area contributed by atoms with Crippen LogP contribution in [0.3, 0.4) is 0 Å². The summed E-state index contributed by atoms with van der Waals surface area (Å²) in [5, 5.41) is 3.20. The maximum absolute atomic E-state index is 11.5. The van der Waals surface area contributed by atoms with Crippen LogP contribution in [0.15, 0.2) is 42.1 Å². The Balaban J connectivity index is 0.000000742. The summed E-state index contributed by atoms with van der Waals surface area (Å²) in [6.45, 7) is 4.98. The molecule has 1 N–H and O–H groups in total. The number of carbonyl (C=O) groups excluding carboxylic acids is 1. The molecule has 1 aromatic carbocycles. The monoisotopic (exact) mass is 247 g/mol. The van der Waals surface area contributed by atoms with Gasteiger partial charge in [-0.05, 0) is 18.4 Å². The fraction of sp³-hybridized carbons (Fsp3) is 0.438. The lowest BCUT2D eigenvalue weighted by atomic mass is 10.0. The third-order valence-electron chi connectivity index (χ3n) is 2.58. The summed E-state index contributed by atoms with van der Waals surface area (Å²) >= 11 is 0. The molecule has 0 aliphatic heterocycles. The standard InChI is InChI=1S/C13H15NO.C3H8.H2/c15-13-9-5-4-8-12(13)14-10-11-6-2-1-3-7-11;1-3-2;/h1-3,6-8,14H,4-5,9-10H2;3H2,1-2H3;1H. The first-order valence-corrected chi connectivity index (χ1v) is 6.79. The van der Waals surface area contributed by atoms with E-state index in [2.05, 4.69) is 31.3 Å². The smallest absolute Gasteiger partial charge is 0.178 e. The fourth-order valence-corrected chi connectivity index (χ4v) is 1.72. The van der Waals surface area contributed by atoms with Gasteiger partial charge >= 0.3 is 0 Å². The van der Waals surface area contributed by atoms with Crippen molar-refractivity contribution in [3.05, 3.63) is 47.7 Å². The molecule has 0 spiro atoms.